The van der Waals surface area contributed by atoms with E-state index < -0.39 is 5.97 Å². The smallest absolute Gasteiger partial charge is 0.328 e. The molecule has 104 valence electrons. The van der Waals surface area contributed by atoms with Gasteiger partial charge in [-0.15, -0.1) is 11.3 Å². The van der Waals surface area contributed by atoms with Gasteiger partial charge in [-0.2, -0.15) is 0 Å². The standard InChI is InChI=1S/C14H19NO3S/c1-3-4-5-8-15(2)14(18)11-9-12(19-10-11)6-7-13(16)17/h6-7,9-10H,3-5,8H2,1-2H3,(H,16,17). The van der Waals surface area contributed by atoms with Gasteiger partial charge in [0.25, 0.3) is 5.91 Å². The topological polar surface area (TPSA) is 57.6 Å². The SMILES string of the molecule is CCCCCN(C)C(=O)c1csc(C=CC(=O)O)c1. The molecule has 0 atom stereocenters. The number of carboxylic acids is 1. The van der Waals surface area contributed by atoms with Crippen molar-refractivity contribution in [1.82, 2.24) is 4.90 Å². The second-order valence-electron chi connectivity index (χ2n) is 4.34. The van der Waals surface area contributed by atoms with Crippen LogP contribution in [0.1, 0.15) is 41.4 Å². The number of hydrogen-bond donors (Lipinski definition) is 1. The molecule has 1 aromatic heterocycles. The molecule has 0 fully saturated rings. The number of thiophene rings is 1. The molecule has 0 unspecified atom stereocenters. The molecule has 1 aromatic rings. The molecule has 5 heteroatoms. The van der Waals surface area contributed by atoms with Crippen molar-refractivity contribution >= 4 is 29.3 Å². The van der Waals surface area contributed by atoms with Crippen molar-refractivity contribution < 1.29 is 14.7 Å². The Labute approximate surface area is 117 Å². The molecule has 0 bridgehead atoms. The maximum Gasteiger partial charge on any atom is 0.328 e. The van der Waals surface area contributed by atoms with Crippen molar-refractivity contribution in [2.75, 3.05) is 13.6 Å². The fraction of sp³-hybridized carbons (Fsp3) is 0.429. The van der Waals surface area contributed by atoms with Gasteiger partial charge < -0.3 is 10.0 Å². The fourth-order valence-corrected chi connectivity index (χ4v) is 2.40. The number of aliphatic carboxylic acids is 1. The maximum atomic E-state index is 12.1. The minimum absolute atomic E-state index is 0.0117. The number of unbranched alkanes of at least 4 members (excludes halogenated alkanes) is 2. The zero-order chi connectivity index (χ0) is 14.3. The predicted octanol–water partition coefficient (Wildman–Crippen LogP) is 3.11. The largest absolute Gasteiger partial charge is 0.478 e. The third kappa shape index (κ3) is 5.26. The van der Waals surface area contributed by atoms with Gasteiger partial charge in [0.05, 0.1) is 5.56 Å². The number of amides is 1. The van der Waals surface area contributed by atoms with Gasteiger partial charge in [0.15, 0.2) is 0 Å². The highest BCUT2D eigenvalue weighted by molar-refractivity contribution is 7.11. The molecule has 4 nitrogen and oxygen atoms in total. The molecule has 1 amide bonds. The third-order valence-corrected chi connectivity index (χ3v) is 3.60. The summed E-state index contributed by atoms with van der Waals surface area (Å²) in [6.07, 6.45) is 5.83. The zero-order valence-corrected chi connectivity index (χ0v) is 12.1. The monoisotopic (exact) mass is 281 g/mol. The summed E-state index contributed by atoms with van der Waals surface area (Å²) >= 11 is 1.37. The molecule has 0 aliphatic heterocycles. The van der Waals surface area contributed by atoms with Crippen LogP contribution in [0.15, 0.2) is 17.5 Å². The molecule has 0 saturated heterocycles. The summed E-state index contributed by atoms with van der Waals surface area (Å²) < 4.78 is 0. The van der Waals surface area contributed by atoms with E-state index in [1.165, 1.54) is 17.4 Å². The predicted molar refractivity (Wildman–Crippen MR) is 77.5 cm³/mol. The van der Waals surface area contributed by atoms with Crippen LogP contribution in [0.5, 0.6) is 0 Å². The van der Waals surface area contributed by atoms with Crippen molar-refractivity contribution in [2.45, 2.75) is 26.2 Å². The van der Waals surface area contributed by atoms with Crippen molar-refractivity contribution in [1.29, 1.82) is 0 Å². The van der Waals surface area contributed by atoms with Crippen LogP contribution < -0.4 is 0 Å². The Morgan fingerprint density at radius 2 is 2.16 bits per heavy atom. The average molecular weight is 281 g/mol. The molecule has 0 saturated carbocycles. The van der Waals surface area contributed by atoms with Crippen LogP contribution in [0.25, 0.3) is 6.08 Å². The number of carbonyl (C=O) groups excluding carboxylic acids is 1. The number of hydrogen-bond acceptors (Lipinski definition) is 3. The quantitative estimate of drug-likeness (QED) is 0.617. The minimum atomic E-state index is -0.988. The zero-order valence-electron chi connectivity index (χ0n) is 11.3. The summed E-state index contributed by atoms with van der Waals surface area (Å²) in [5, 5.41) is 10.3. The van der Waals surface area contributed by atoms with Crippen LogP contribution >= 0.6 is 11.3 Å². The van der Waals surface area contributed by atoms with Gasteiger partial charge in [0, 0.05) is 29.9 Å². The lowest BCUT2D eigenvalue weighted by atomic mass is 10.2. The number of carbonyl (C=O) groups is 2. The Bertz CT molecular complexity index is 465. The normalized spacial score (nSPS) is 10.8. The van der Waals surface area contributed by atoms with Crippen LogP contribution in [0.3, 0.4) is 0 Å². The molecule has 0 spiro atoms. The van der Waals surface area contributed by atoms with E-state index in [-0.39, 0.29) is 5.91 Å². The summed E-state index contributed by atoms with van der Waals surface area (Å²) in [5.41, 5.74) is 0.619. The molecule has 1 heterocycles. The minimum Gasteiger partial charge on any atom is -0.478 e. The first-order chi connectivity index (χ1) is 9.04. The van der Waals surface area contributed by atoms with Gasteiger partial charge >= 0.3 is 5.97 Å². The second-order valence-corrected chi connectivity index (χ2v) is 5.29. The van der Waals surface area contributed by atoms with Crippen LogP contribution in [0.4, 0.5) is 0 Å². The van der Waals surface area contributed by atoms with Crippen molar-refractivity contribution in [3.63, 3.8) is 0 Å². The van der Waals surface area contributed by atoms with E-state index in [9.17, 15) is 9.59 Å². The van der Waals surface area contributed by atoms with Crippen molar-refractivity contribution in [2.24, 2.45) is 0 Å². The molecule has 0 aromatic carbocycles. The van der Waals surface area contributed by atoms with Gasteiger partial charge in [-0.1, -0.05) is 19.8 Å². The van der Waals surface area contributed by atoms with Crippen LogP contribution in [0, 0.1) is 0 Å². The van der Waals surface area contributed by atoms with Gasteiger partial charge in [0.2, 0.25) is 0 Å². The fourth-order valence-electron chi connectivity index (χ4n) is 1.63. The number of nitrogens with zero attached hydrogens (tertiary/aromatic N) is 1. The molecule has 1 N–H and O–H groups in total. The Kier molecular flexibility index (Phi) is 6.29. The molecular weight excluding hydrogens is 262 g/mol. The first kappa shape index (κ1) is 15.4. The van der Waals surface area contributed by atoms with Gasteiger partial charge in [-0.05, 0) is 18.6 Å². The molecular formula is C14H19NO3S. The molecule has 0 radical (unpaired) electrons. The average Bonchev–Trinajstić information content (AvgIpc) is 2.84. The Morgan fingerprint density at radius 3 is 2.79 bits per heavy atom. The summed E-state index contributed by atoms with van der Waals surface area (Å²) in [7, 11) is 1.79. The summed E-state index contributed by atoms with van der Waals surface area (Å²) in [6, 6.07) is 1.72. The van der Waals surface area contributed by atoms with Gasteiger partial charge in [-0.25, -0.2) is 4.79 Å². The Hall–Kier alpha value is -1.62. The lowest BCUT2D eigenvalue weighted by molar-refractivity contribution is -0.131. The first-order valence-corrected chi connectivity index (χ1v) is 7.17. The van der Waals surface area contributed by atoms with E-state index in [2.05, 4.69) is 6.92 Å². The van der Waals surface area contributed by atoms with E-state index in [1.54, 1.807) is 23.4 Å². The number of carboxylic acid groups (broad SMARTS) is 1. The Morgan fingerprint density at radius 1 is 1.42 bits per heavy atom. The number of rotatable bonds is 7. The highest BCUT2D eigenvalue weighted by Crippen LogP contribution is 2.17. The van der Waals surface area contributed by atoms with Crippen LogP contribution in [-0.4, -0.2) is 35.5 Å². The van der Waals surface area contributed by atoms with Crippen molar-refractivity contribution in [3.8, 4) is 0 Å². The summed E-state index contributed by atoms with van der Waals surface area (Å²) in [4.78, 5) is 25.0. The highest BCUT2D eigenvalue weighted by atomic mass is 32.1. The van der Waals surface area contributed by atoms with Crippen LogP contribution in [-0.2, 0) is 4.79 Å². The molecule has 0 aliphatic carbocycles. The third-order valence-electron chi connectivity index (χ3n) is 2.70. The van der Waals surface area contributed by atoms with E-state index in [0.717, 1.165) is 36.8 Å². The summed E-state index contributed by atoms with van der Waals surface area (Å²) in [5.74, 6) is -1.000. The molecule has 0 aliphatic rings. The van der Waals surface area contributed by atoms with E-state index in [0.29, 0.717) is 5.56 Å². The van der Waals surface area contributed by atoms with Crippen molar-refractivity contribution in [3.05, 3.63) is 28.0 Å². The van der Waals surface area contributed by atoms with Gasteiger partial charge in [-0.3, -0.25) is 4.79 Å². The second kappa shape index (κ2) is 7.74. The Balaban J connectivity index is 2.60. The van der Waals surface area contributed by atoms with E-state index in [4.69, 9.17) is 5.11 Å². The van der Waals surface area contributed by atoms with E-state index >= 15 is 0 Å². The maximum absolute atomic E-state index is 12.1. The lowest BCUT2D eigenvalue weighted by Crippen LogP contribution is -2.27. The lowest BCUT2D eigenvalue weighted by Gasteiger charge is -2.15. The van der Waals surface area contributed by atoms with Gasteiger partial charge in [0.1, 0.15) is 0 Å². The molecule has 1 rings (SSSR count). The highest BCUT2D eigenvalue weighted by Gasteiger charge is 2.12. The van der Waals surface area contributed by atoms with Crippen LogP contribution in [0.2, 0.25) is 0 Å². The van der Waals surface area contributed by atoms with E-state index in [1.807, 2.05) is 0 Å². The first-order valence-electron chi connectivity index (χ1n) is 6.29. The molecule has 19 heavy (non-hydrogen) atoms. The summed E-state index contributed by atoms with van der Waals surface area (Å²) in [6.45, 7) is 2.88.